The number of para-hydroxylation sites is 1. The SMILES string of the molecule is CC(C)c1cccc(C(C)C)c1NN=Cc1cccc2ccccc12. The van der Waals surface area contributed by atoms with E-state index in [9.17, 15) is 0 Å². The molecule has 0 aliphatic carbocycles. The second-order valence-corrected chi connectivity index (χ2v) is 7.06. The molecule has 3 aromatic rings. The van der Waals surface area contributed by atoms with Crippen molar-refractivity contribution in [2.24, 2.45) is 5.10 Å². The molecule has 0 aromatic heterocycles. The fourth-order valence-corrected chi connectivity index (χ4v) is 3.21. The number of benzene rings is 3. The van der Waals surface area contributed by atoms with Crippen molar-refractivity contribution in [2.75, 3.05) is 5.43 Å². The summed E-state index contributed by atoms with van der Waals surface area (Å²) in [7, 11) is 0. The van der Waals surface area contributed by atoms with Crippen molar-refractivity contribution in [2.45, 2.75) is 39.5 Å². The van der Waals surface area contributed by atoms with Crippen molar-refractivity contribution in [3.8, 4) is 0 Å². The van der Waals surface area contributed by atoms with Gasteiger partial charge in [0.2, 0.25) is 0 Å². The highest BCUT2D eigenvalue weighted by Gasteiger charge is 2.13. The Kier molecular flexibility index (Phi) is 5.18. The highest BCUT2D eigenvalue weighted by atomic mass is 15.3. The summed E-state index contributed by atoms with van der Waals surface area (Å²) < 4.78 is 0. The first kappa shape index (κ1) is 17.2. The Hall–Kier alpha value is -2.61. The standard InChI is InChI=1S/C23H26N2/c1-16(2)20-13-8-14-21(17(3)4)23(20)25-24-15-19-11-7-10-18-9-5-6-12-22(18)19/h5-17,25H,1-4H3. The van der Waals surface area contributed by atoms with E-state index in [1.54, 1.807) is 0 Å². The molecule has 3 rings (SSSR count). The number of hydrogen-bond acceptors (Lipinski definition) is 2. The van der Waals surface area contributed by atoms with Crippen molar-refractivity contribution < 1.29 is 0 Å². The maximum atomic E-state index is 4.57. The highest BCUT2D eigenvalue weighted by Crippen LogP contribution is 2.32. The summed E-state index contributed by atoms with van der Waals surface area (Å²) in [5.74, 6) is 0.905. The van der Waals surface area contributed by atoms with E-state index in [1.165, 1.54) is 21.9 Å². The second-order valence-electron chi connectivity index (χ2n) is 7.06. The van der Waals surface area contributed by atoms with E-state index >= 15 is 0 Å². The summed E-state index contributed by atoms with van der Waals surface area (Å²) in [4.78, 5) is 0. The Balaban J connectivity index is 1.94. The van der Waals surface area contributed by atoms with E-state index in [4.69, 9.17) is 0 Å². The molecule has 0 atom stereocenters. The van der Waals surface area contributed by atoms with E-state index in [0.717, 1.165) is 11.3 Å². The maximum Gasteiger partial charge on any atom is 0.0630 e. The molecule has 0 heterocycles. The lowest BCUT2D eigenvalue weighted by molar-refractivity contribution is 0.835. The quantitative estimate of drug-likeness (QED) is 0.417. The third-order valence-electron chi connectivity index (χ3n) is 4.58. The molecule has 2 nitrogen and oxygen atoms in total. The molecule has 0 radical (unpaired) electrons. The molecule has 2 heteroatoms. The number of fused-ring (bicyclic) bond motifs is 1. The van der Waals surface area contributed by atoms with Gasteiger partial charge in [-0.1, -0.05) is 88.4 Å². The summed E-state index contributed by atoms with van der Waals surface area (Å²) in [5.41, 5.74) is 8.21. The van der Waals surface area contributed by atoms with Crippen molar-refractivity contribution >= 4 is 22.7 Å². The van der Waals surface area contributed by atoms with Gasteiger partial charge in [0.25, 0.3) is 0 Å². The van der Waals surface area contributed by atoms with E-state index in [-0.39, 0.29) is 0 Å². The van der Waals surface area contributed by atoms with Crippen LogP contribution >= 0.6 is 0 Å². The summed E-state index contributed by atoms with van der Waals surface area (Å²) in [6, 6.07) is 21.2. The van der Waals surface area contributed by atoms with Crippen LogP contribution in [0.4, 0.5) is 5.69 Å². The summed E-state index contributed by atoms with van der Waals surface area (Å²) >= 11 is 0. The number of nitrogens with zero attached hydrogens (tertiary/aromatic N) is 1. The van der Waals surface area contributed by atoms with E-state index in [2.05, 4.69) is 98.9 Å². The summed E-state index contributed by atoms with van der Waals surface area (Å²) in [6.07, 6.45) is 1.92. The molecule has 0 aliphatic rings. The molecule has 25 heavy (non-hydrogen) atoms. The molecule has 0 bridgehead atoms. The summed E-state index contributed by atoms with van der Waals surface area (Å²) in [5, 5.41) is 7.03. The molecule has 0 spiro atoms. The van der Waals surface area contributed by atoms with Crippen molar-refractivity contribution in [1.82, 2.24) is 0 Å². The predicted molar refractivity (Wildman–Crippen MR) is 110 cm³/mol. The Labute approximate surface area is 150 Å². The summed E-state index contributed by atoms with van der Waals surface area (Å²) in [6.45, 7) is 8.89. The molecule has 0 saturated heterocycles. The van der Waals surface area contributed by atoms with Crippen LogP contribution in [0.2, 0.25) is 0 Å². The van der Waals surface area contributed by atoms with Gasteiger partial charge >= 0.3 is 0 Å². The number of hydrogen-bond donors (Lipinski definition) is 1. The molecule has 0 unspecified atom stereocenters. The average molecular weight is 330 g/mol. The minimum atomic E-state index is 0.453. The molecular weight excluding hydrogens is 304 g/mol. The first-order chi connectivity index (χ1) is 12.1. The number of hydrazone groups is 1. The Morgan fingerprint density at radius 2 is 1.36 bits per heavy atom. The molecular formula is C23H26N2. The van der Waals surface area contributed by atoms with E-state index < -0.39 is 0 Å². The van der Waals surface area contributed by atoms with Gasteiger partial charge in [-0.3, -0.25) is 5.43 Å². The Morgan fingerprint density at radius 3 is 2.04 bits per heavy atom. The lowest BCUT2D eigenvalue weighted by atomic mass is 9.93. The van der Waals surface area contributed by atoms with Gasteiger partial charge in [-0.2, -0.15) is 5.10 Å². The van der Waals surface area contributed by atoms with Gasteiger partial charge in [-0.25, -0.2) is 0 Å². The van der Waals surface area contributed by atoms with Crippen LogP contribution in [0.5, 0.6) is 0 Å². The zero-order chi connectivity index (χ0) is 17.8. The molecule has 1 N–H and O–H groups in total. The maximum absolute atomic E-state index is 4.57. The van der Waals surface area contributed by atoms with Crippen molar-refractivity contribution in [3.05, 3.63) is 77.4 Å². The van der Waals surface area contributed by atoms with Crippen LogP contribution in [-0.2, 0) is 0 Å². The number of nitrogens with one attached hydrogen (secondary N) is 1. The highest BCUT2D eigenvalue weighted by molar-refractivity contribution is 5.99. The van der Waals surface area contributed by atoms with Gasteiger partial charge in [0.05, 0.1) is 11.9 Å². The zero-order valence-corrected chi connectivity index (χ0v) is 15.5. The van der Waals surface area contributed by atoms with Gasteiger partial charge in [-0.05, 0) is 33.7 Å². The third-order valence-corrected chi connectivity index (χ3v) is 4.58. The first-order valence-electron chi connectivity index (χ1n) is 8.97. The molecule has 0 amide bonds. The molecule has 0 fully saturated rings. The number of rotatable bonds is 5. The van der Waals surface area contributed by atoms with Crippen LogP contribution in [0.1, 0.15) is 56.2 Å². The van der Waals surface area contributed by atoms with Gasteiger partial charge in [-0.15, -0.1) is 0 Å². The van der Waals surface area contributed by atoms with Crippen LogP contribution in [0.25, 0.3) is 10.8 Å². The fraction of sp³-hybridized carbons (Fsp3) is 0.261. The average Bonchev–Trinajstić information content (AvgIpc) is 2.61. The molecule has 0 saturated carbocycles. The van der Waals surface area contributed by atoms with Crippen LogP contribution in [0.15, 0.2) is 65.8 Å². The van der Waals surface area contributed by atoms with Crippen LogP contribution in [0, 0.1) is 0 Å². The van der Waals surface area contributed by atoms with Gasteiger partial charge in [0.15, 0.2) is 0 Å². The number of anilines is 1. The monoisotopic (exact) mass is 330 g/mol. The van der Waals surface area contributed by atoms with Crippen LogP contribution in [-0.4, -0.2) is 6.21 Å². The van der Waals surface area contributed by atoms with Gasteiger partial charge < -0.3 is 0 Å². The van der Waals surface area contributed by atoms with Crippen molar-refractivity contribution in [1.29, 1.82) is 0 Å². The lowest BCUT2D eigenvalue weighted by Crippen LogP contribution is -2.03. The first-order valence-corrected chi connectivity index (χ1v) is 8.97. The van der Waals surface area contributed by atoms with Crippen LogP contribution < -0.4 is 5.43 Å². The topological polar surface area (TPSA) is 24.4 Å². The Bertz CT molecular complexity index is 860. The Morgan fingerprint density at radius 1 is 0.760 bits per heavy atom. The second kappa shape index (κ2) is 7.52. The fourth-order valence-electron chi connectivity index (χ4n) is 3.21. The van der Waals surface area contributed by atoms with Crippen molar-refractivity contribution in [3.63, 3.8) is 0 Å². The van der Waals surface area contributed by atoms with E-state index in [1.807, 2.05) is 6.21 Å². The van der Waals surface area contributed by atoms with Gasteiger partial charge in [0.1, 0.15) is 0 Å². The predicted octanol–water partition coefficient (Wildman–Crippen LogP) is 6.53. The third kappa shape index (κ3) is 3.74. The molecule has 128 valence electrons. The normalized spacial score (nSPS) is 11.8. The van der Waals surface area contributed by atoms with Crippen LogP contribution in [0.3, 0.4) is 0 Å². The minimum absolute atomic E-state index is 0.453. The van der Waals surface area contributed by atoms with E-state index in [0.29, 0.717) is 11.8 Å². The minimum Gasteiger partial charge on any atom is -0.278 e. The smallest absolute Gasteiger partial charge is 0.0630 e. The van der Waals surface area contributed by atoms with Gasteiger partial charge in [0, 0.05) is 5.56 Å². The largest absolute Gasteiger partial charge is 0.278 e. The zero-order valence-electron chi connectivity index (χ0n) is 15.5. The lowest BCUT2D eigenvalue weighted by Gasteiger charge is -2.18. The molecule has 3 aromatic carbocycles. The molecule has 0 aliphatic heterocycles.